The summed E-state index contributed by atoms with van der Waals surface area (Å²) in [5.41, 5.74) is 3.32. The highest BCUT2D eigenvalue weighted by molar-refractivity contribution is 7.80. The Bertz CT molecular complexity index is 305. The van der Waals surface area contributed by atoms with Gasteiger partial charge in [0.2, 0.25) is 0 Å². The Labute approximate surface area is 84.5 Å². The molecule has 0 spiro atoms. The van der Waals surface area contributed by atoms with Crippen LogP contribution in [-0.2, 0) is 6.61 Å². The van der Waals surface area contributed by atoms with Crippen LogP contribution in [0.25, 0.3) is 6.08 Å². The van der Waals surface area contributed by atoms with Gasteiger partial charge in [-0.3, -0.25) is 0 Å². The molecule has 1 aromatic rings. The average molecular weight is 194 g/mol. The number of benzene rings is 1. The maximum atomic E-state index is 8.94. The van der Waals surface area contributed by atoms with Gasteiger partial charge in [0.15, 0.2) is 0 Å². The minimum atomic E-state index is 0.0992. The van der Waals surface area contributed by atoms with Gasteiger partial charge in [0, 0.05) is 5.75 Å². The van der Waals surface area contributed by atoms with Crippen molar-refractivity contribution < 1.29 is 5.11 Å². The molecule has 1 N–H and O–H groups in total. The Morgan fingerprint density at radius 1 is 1.46 bits per heavy atom. The highest BCUT2D eigenvalue weighted by Gasteiger charge is 1.95. The summed E-state index contributed by atoms with van der Waals surface area (Å²) in [6.45, 7) is 2.15. The summed E-state index contributed by atoms with van der Waals surface area (Å²) in [7, 11) is 0. The summed E-state index contributed by atoms with van der Waals surface area (Å²) >= 11 is 4.10. The summed E-state index contributed by atoms with van der Waals surface area (Å²) in [5.74, 6) is 0.739. The van der Waals surface area contributed by atoms with E-state index in [1.165, 1.54) is 5.56 Å². The van der Waals surface area contributed by atoms with Gasteiger partial charge in [0.25, 0.3) is 0 Å². The van der Waals surface area contributed by atoms with Gasteiger partial charge in [0.05, 0.1) is 6.61 Å². The quantitative estimate of drug-likeness (QED) is 0.708. The van der Waals surface area contributed by atoms with E-state index in [-0.39, 0.29) is 6.61 Å². The van der Waals surface area contributed by atoms with Crippen molar-refractivity contribution in [2.75, 3.05) is 5.75 Å². The highest BCUT2D eigenvalue weighted by Crippen LogP contribution is 2.12. The Morgan fingerprint density at radius 2 is 2.23 bits per heavy atom. The molecule has 0 aromatic heterocycles. The third-order valence-electron chi connectivity index (χ3n) is 1.93. The van der Waals surface area contributed by atoms with Gasteiger partial charge in [-0.2, -0.15) is 12.6 Å². The van der Waals surface area contributed by atoms with E-state index in [9.17, 15) is 0 Å². The van der Waals surface area contributed by atoms with Crippen LogP contribution in [0.2, 0.25) is 0 Å². The Hall–Kier alpha value is -0.730. The Kier molecular flexibility index (Phi) is 4.06. The van der Waals surface area contributed by atoms with Crippen LogP contribution in [-0.4, -0.2) is 10.9 Å². The van der Waals surface area contributed by atoms with E-state index in [1.807, 2.05) is 30.4 Å². The van der Waals surface area contributed by atoms with E-state index in [0.29, 0.717) is 0 Å². The first-order valence-electron chi connectivity index (χ1n) is 4.25. The summed E-state index contributed by atoms with van der Waals surface area (Å²) in [6.07, 6.45) is 4.02. The highest BCUT2D eigenvalue weighted by atomic mass is 32.1. The van der Waals surface area contributed by atoms with E-state index in [4.69, 9.17) is 5.11 Å². The van der Waals surface area contributed by atoms with E-state index in [1.54, 1.807) is 0 Å². The minimum Gasteiger partial charge on any atom is -0.392 e. The number of rotatable bonds is 3. The molecule has 1 aromatic carbocycles. The molecule has 0 amide bonds. The smallest absolute Gasteiger partial charge is 0.0682 e. The lowest BCUT2D eigenvalue weighted by Crippen LogP contribution is -1.87. The molecular weight excluding hydrogens is 180 g/mol. The molecule has 0 heterocycles. The topological polar surface area (TPSA) is 20.2 Å². The number of hydrogen-bond acceptors (Lipinski definition) is 2. The second-order valence-electron chi connectivity index (χ2n) is 2.93. The molecule has 0 radical (unpaired) electrons. The van der Waals surface area contributed by atoms with Crippen LogP contribution in [0.15, 0.2) is 24.3 Å². The summed E-state index contributed by atoms with van der Waals surface area (Å²) in [5, 5.41) is 8.94. The lowest BCUT2D eigenvalue weighted by Gasteiger charge is -2.02. The first-order chi connectivity index (χ1) is 6.27. The van der Waals surface area contributed by atoms with Crippen LogP contribution in [0.4, 0.5) is 0 Å². The number of aliphatic hydroxyl groups is 1. The molecule has 0 aliphatic rings. The van der Waals surface area contributed by atoms with Gasteiger partial charge in [0.1, 0.15) is 0 Å². The molecule has 1 rings (SSSR count). The SMILES string of the molecule is Cc1ccc(CO)cc1C=CCS. The number of thiol groups is 1. The lowest BCUT2D eigenvalue weighted by atomic mass is 10.1. The standard InChI is InChI=1S/C11H14OS/c1-9-4-5-10(8-12)7-11(9)3-2-6-13/h2-5,7,12-13H,6,8H2,1H3. The van der Waals surface area contributed by atoms with E-state index in [2.05, 4.69) is 19.6 Å². The van der Waals surface area contributed by atoms with Crippen molar-refractivity contribution in [3.8, 4) is 0 Å². The molecule has 0 bridgehead atoms. The van der Waals surface area contributed by atoms with Gasteiger partial charge in [-0.15, -0.1) is 0 Å². The molecule has 70 valence electrons. The molecule has 2 heteroatoms. The Morgan fingerprint density at radius 3 is 2.85 bits per heavy atom. The van der Waals surface area contributed by atoms with Crippen molar-refractivity contribution in [1.29, 1.82) is 0 Å². The first-order valence-corrected chi connectivity index (χ1v) is 4.89. The molecule has 13 heavy (non-hydrogen) atoms. The molecule has 0 unspecified atom stereocenters. The van der Waals surface area contributed by atoms with Crippen molar-refractivity contribution in [2.45, 2.75) is 13.5 Å². The van der Waals surface area contributed by atoms with Crippen LogP contribution in [0.1, 0.15) is 16.7 Å². The predicted molar refractivity (Wildman–Crippen MR) is 60.0 cm³/mol. The van der Waals surface area contributed by atoms with Crippen LogP contribution in [0.3, 0.4) is 0 Å². The largest absolute Gasteiger partial charge is 0.392 e. The van der Waals surface area contributed by atoms with Crippen molar-refractivity contribution in [1.82, 2.24) is 0 Å². The van der Waals surface area contributed by atoms with Crippen LogP contribution >= 0.6 is 12.6 Å². The van der Waals surface area contributed by atoms with Gasteiger partial charge < -0.3 is 5.11 Å². The van der Waals surface area contributed by atoms with Gasteiger partial charge >= 0.3 is 0 Å². The summed E-state index contributed by atoms with van der Waals surface area (Å²) in [6, 6.07) is 5.95. The maximum absolute atomic E-state index is 8.94. The fourth-order valence-corrected chi connectivity index (χ4v) is 1.25. The van der Waals surface area contributed by atoms with E-state index < -0.39 is 0 Å². The second-order valence-corrected chi connectivity index (χ2v) is 3.30. The first kappa shape index (κ1) is 10.4. The molecule has 1 nitrogen and oxygen atoms in total. The molecule has 0 saturated carbocycles. The normalized spacial score (nSPS) is 11.0. The van der Waals surface area contributed by atoms with Crippen molar-refractivity contribution in [3.05, 3.63) is 41.0 Å². The fraction of sp³-hybridized carbons (Fsp3) is 0.273. The molecular formula is C11H14OS. The van der Waals surface area contributed by atoms with Crippen LogP contribution in [0, 0.1) is 6.92 Å². The van der Waals surface area contributed by atoms with Crippen LogP contribution in [0.5, 0.6) is 0 Å². The number of hydrogen-bond donors (Lipinski definition) is 2. The van der Waals surface area contributed by atoms with Crippen molar-refractivity contribution >= 4 is 18.7 Å². The molecule has 0 atom stereocenters. The second kappa shape index (κ2) is 5.10. The van der Waals surface area contributed by atoms with Gasteiger partial charge in [-0.1, -0.05) is 24.3 Å². The zero-order chi connectivity index (χ0) is 9.68. The Balaban J connectivity index is 2.97. The molecule has 0 aliphatic heterocycles. The number of aryl methyl sites for hydroxylation is 1. The van der Waals surface area contributed by atoms with E-state index in [0.717, 1.165) is 16.9 Å². The third-order valence-corrected chi connectivity index (χ3v) is 2.14. The van der Waals surface area contributed by atoms with Crippen LogP contribution < -0.4 is 0 Å². The lowest BCUT2D eigenvalue weighted by molar-refractivity contribution is 0.282. The zero-order valence-corrected chi connectivity index (χ0v) is 8.59. The summed E-state index contributed by atoms with van der Waals surface area (Å²) in [4.78, 5) is 0. The molecule has 0 fully saturated rings. The third kappa shape index (κ3) is 2.90. The van der Waals surface area contributed by atoms with E-state index >= 15 is 0 Å². The summed E-state index contributed by atoms with van der Waals surface area (Å²) < 4.78 is 0. The van der Waals surface area contributed by atoms with Gasteiger partial charge in [-0.05, 0) is 29.7 Å². The predicted octanol–water partition coefficient (Wildman–Crippen LogP) is 2.43. The van der Waals surface area contributed by atoms with Crippen molar-refractivity contribution in [3.63, 3.8) is 0 Å². The monoisotopic (exact) mass is 194 g/mol. The minimum absolute atomic E-state index is 0.0992. The number of aliphatic hydroxyl groups excluding tert-OH is 1. The molecule has 0 aliphatic carbocycles. The average Bonchev–Trinajstić information content (AvgIpc) is 2.17. The van der Waals surface area contributed by atoms with Gasteiger partial charge in [-0.25, -0.2) is 0 Å². The zero-order valence-electron chi connectivity index (χ0n) is 7.70. The fourth-order valence-electron chi connectivity index (χ4n) is 1.15. The van der Waals surface area contributed by atoms with Crippen molar-refractivity contribution in [2.24, 2.45) is 0 Å². The molecule has 0 saturated heterocycles. The maximum Gasteiger partial charge on any atom is 0.0682 e.